The molecule has 5 nitrogen and oxygen atoms in total. The number of aromatic nitrogens is 2. The zero-order valence-electron chi connectivity index (χ0n) is 15.9. The van der Waals surface area contributed by atoms with Crippen molar-refractivity contribution in [3.8, 4) is 28.3 Å². The molecule has 0 fully saturated rings. The second-order valence-corrected chi connectivity index (χ2v) is 6.55. The number of nitrogens with one attached hydrogen (secondary N) is 1. The van der Waals surface area contributed by atoms with Crippen LogP contribution in [0.3, 0.4) is 0 Å². The number of aromatic hydroxyl groups is 1. The van der Waals surface area contributed by atoms with Gasteiger partial charge in [0.1, 0.15) is 5.75 Å². The number of hydrogen-bond acceptors (Lipinski definition) is 5. The molecule has 2 N–H and O–H groups in total. The molecule has 0 atom stereocenters. The second kappa shape index (κ2) is 8.35. The lowest BCUT2D eigenvalue weighted by molar-refractivity contribution is 0.475. The summed E-state index contributed by atoms with van der Waals surface area (Å²) < 4.78 is 0. The Morgan fingerprint density at radius 1 is 0.759 bits per heavy atom. The predicted octanol–water partition coefficient (Wildman–Crippen LogP) is 5.35. The molecule has 0 radical (unpaired) electrons. The summed E-state index contributed by atoms with van der Waals surface area (Å²) in [5.74, 6) is 0.643. The fourth-order valence-corrected chi connectivity index (χ4v) is 2.91. The number of phenolic OH excluding ortho intramolecular Hbond substituents is 1. The highest BCUT2D eigenvalue weighted by Crippen LogP contribution is 2.25. The number of phenols is 1. The molecule has 0 spiro atoms. The molecule has 0 aliphatic carbocycles. The van der Waals surface area contributed by atoms with Gasteiger partial charge in [-0.05, 0) is 42.8 Å². The molecule has 4 rings (SSSR count). The van der Waals surface area contributed by atoms with Crippen LogP contribution in [-0.2, 0) is 0 Å². The predicted molar refractivity (Wildman–Crippen MR) is 117 cm³/mol. The van der Waals surface area contributed by atoms with E-state index in [0.29, 0.717) is 5.95 Å². The summed E-state index contributed by atoms with van der Waals surface area (Å²) in [7, 11) is 0. The van der Waals surface area contributed by atoms with E-state index < -0.39 is 0 Å². The summed E-state index contributed by atoms with van der Waals surface area (Å²) in [5, 5.41) is 13.9. The molecule has 4 aromatic rings. The SMILES string of the molecule is CC(=NNc1nc(-c2ccccc2)cc(-c2ccccc2)n1)c1ccc(O)cc1. The zero-order chi connectivity index (χ0) is 20.1. The zero-order valence-corrected chi connectivity index (χ0v) is 15.9. The summed E-state index contributed by atoms with van der Waals surface area (Å²) in [6.07, 6.45) is 0. The maximum Gasteiger partial charge on any atom is 0.244 e. The molecule has 0 saturated carbocycles. The monoisotopic (exact) mass is 380 g/mol. The molecule has 3 aromatic carbocycles. The van der Waals surface area contributed by atoms with E-state index in [1.807, 2.05) is 85.8 Å². The van der Waals surface area contributed by atoms with E-state index in [1.54, 1.807) is 12.1 Å². The Labute approximate surface area is 169 Å². The highest BCUT2D eigenvalue weighted by molar-refractivity contribution is 5.99. The van der Waals surface area contributed by atoms with Gasteiger partial charge in [0, 0.05) is 11.1 Å². The van der Waals surface area contributed by atoms with E-state index in [4.69, 9.17) is 0 Å². The van der Waals surface area contributed by atoms with Gasteiger partial charge in [0.25, 0.3) is 0 Å². The molecule has 1 heterocycles. The van der Waals surface area contributed by atoms with Crippen LogP contribution in [0.15, 0.2) is 96.1 Å². The third-order valence-electron chi connectivity index (χ3n) is 4.47. The Kier molecular flexibility index (Phi) is 5.29. The maximum atomic E-state index is 9.45. The first-order valence-corrected chi connectivity index (χ1v) is 9.29. The van der Waals surface area contributed by atoms with Crippen LogP contribution in [-0.4, -0.2) is 20.8 Å². The van der Waals surface area contributed by atoms with Gasteiger partial charge < -0.3 is 5.11 Å². The standard InChI is InChI=1S/C24H20N4O/c1-17(18-12-14-21(29)15-13-18)27-28-24-25-22(19-8-4-2-5-9-19)16-23(26-24)20-10-6-3-7-11-20/h2-16,29H,1H3,(H,25,26,28). The van der Waals surface area contributed by atoms with Crippen molar-refractivity contribution in [2.24, 2.45) is 5.10 Å². The Hall–Kier alpha value is -3.99. The largest absolute Gasteiger partial charge is 0.508 e. The van der Waals surface area contributed by atoms with Crippen LogP contribution in [0.2, 0.25) is 0 Å². The van der Waals surface area contributed by atoms with Gasteiger partial charge in [-0.2, -0.15) is 5.10 Å². The third-order valence-corrected chi connectivity index (χ3v) is 4.47. The maximum absolute atomic E-state index is 9.45. The fourth-order valence-electron chi connectivity index (χ4n) is 2.91. The number of benzene rings is 3. The molecule has 29 heavy (non-hydrogen) atoms. The minimum Gasteiger partial charge on any atom is -0.508 e. The minimum atomic E-state index is 0.223. The van der Waals surface area contributed by atoms with Crippen LogP contribution in [0, 0.1) is 0 Å². The number of anilines is 1. The van der Waals surface area contributed by atoms with Crippen molar-refractivity contribution in [3.05, 3.63) is 96.6 Å². The Balaban J connectivity index is 1.70. The minimum absolute atomic E-state index is 0.223. The van der Waals surface area contributed by atoms with Crippen LogP contribution >= 0.6 is 0 Å². The Morgan fingerprint density at radius 2 is 1.28 bits per heavy atom. The first kappa shape index (κ1) is 18.4. The van der Waals surface area contributed by atoms with Gasteiger partial charge >= 0.3 is 0 Å². The van der Waals surface area contributed by atoms with Crippen LogP contribution in [0.25, 0.3) is 22.5 Å². The number of nitrogens with zero attached hydrogens (tertiary/aromatic N) is 3. The summed E-state index contributed by atoms with van der Waals surface area (Å²) in [5.41, 5.74) is 8.30. The van der Waals surface area contributed by atoms with Crippen molar-refractivity contribution >= 4 is 11.7 Å². The first-order chi connectivity index (χ1) is 14.2. The van der Waals surface area contributed by atoms with Gasteiger partial charge in [-0.25, -0.2) is 15.4 Å². The van der Waals surface area contributed by atoms with Crippen molar-refractivity contribution in [2.45, 2.75) is 6.92 Å². The Morgan fingerprint density at radius 3 is 1.79 bits per heavy atom. The summed E-state index contributed by atoms with van der Waals surface area (Å²) in [6, 6.07) is 28.9. The molecule has 0 amide bonds. The molecule has 0 unspecified atom stereocenters. The van der Waals surface area contributed by atoms with Crippen molar-refractivity contribution in [1.82, 2.24) is 9.97 Å². The number of hydrazone groups is 1. The quantitative estimate of drug-likeness (QED) is 0.362. The highest BCUT2D eigenvalue weighted by atomic mass is 16.3. The van der Waals surface area contributed by atoms with Crippen molar-refractivity contribution in [3.63, 3.8) is 0 Å². The van der Waals surface area contributed by atoms with Crippen LogP contribution < -0.4 is 5.43 Å². The van der Waals surface area contributed by atoms with Gasteiger partial charge in [0.05, 0.1) is 17.1 Å². The lowest BCUT2D eigenvalue weighted by atomic mass is 10.1. The molecular weight excluding hydrogens is 360 g/mol. The summed E-state index contributed by atoms with van der Waals surface area (Å²) >= 11 is 0. The number of hydrogen-bond donors (Lipinski definition) is 2. The van der Waals surface area contributed by atoms with E-state index in [1.165, 1.54) is 0 Å². The lowest BCUT2D eigenvalue weighted by Gasteiger charge is -2.09. The highest BCUT2D eigenvalue weighted by Gasteiger charge is 2.08. The van der Waals surface area contributed by atoms with E-state index in [0.717, 1.165) is 33.8 Å². The number of rotatable bonds is 5. The van der Waals surface area contributed by atoms with Crippen LogP contribution in [0.1, 0.15) is 12.5 Å². The average molecular weight is 380 g/mol. The average Bonchev–Trinajstić information content (AvgIpc) is 2.79. The van der Waals surface area contributed by atoms with Crippen LogP contribution in [0.5, 0.6) is 5.75 Å². The molecule has 142 valence electrons. The van der Waals surface area contributed by atoms with E-state index in [9.17, 15) is 5.11 Å². The van der Waals surface area contributed by atoms with Crippen molar-refractivity contribution in [2.75, 3.05) is 5.43 Å². The van der Waals surface area contributed by atoms with Crippen molar-refractivity contribution in [1.29, 1.82) is 0 Å². The van der Waals surface area contributed by atoms with Crippen molar-refractivity contribution < 1.29 is 5.11 Å². The van der Waals surface area contributed by atoms with E-state index >= 15 is 0 Å². The first-order valence-electron chi connectivity index (χ1n) is 9.29. The molecule has 0 aliphatic heterocycles. The molecular formula is C24H20N4O. The lowest BCUT2D eigenvalue weighted by Crippen LogP contribution is -2.03. The molecule has 0 saturated heterocycles. The Bertz CT molecular complexity index is 1070. The van der Waals surface area contributed by atoms with Gasteiger partial charge in [-0.15, -0.1) is 0 Å². The molecule has 0 aliphatic rings. The summed E-state index contributed by atoms with van der Waals surface area (Å²) in [4.78, 5) is 9.28. The third kappa shape index (κ3) is 4.47. The second-order valence-electron chi connectivity index (χ2n) is 6.55. The van der Waals surface area contributed by atoms with Gasteiger partial charge in [0.2, 0.25) is 5.95 Å². The fraction of sp³-hybridized carbons (Fsp3) is 0.0417. The topological polar surface area (TPSA) is 70.4 Å². The van der Waals surface area contributed by atoms with Crippen LogP contribution in [0.4, 0.5) is 5.95 Å². The van der Waals surface area contributed by atoms with E-state index in [2.05, 4.69) is 20.5 Å². The van der Waals surface area contributed by atoms with E-state index in [-0.39, 0.29) is 5.75 Å². The summed E-state index contributed by atoms with van der Waals surface area (Å²) in [6.45, 7) is 1.89. The molecule has 0 bridgehead atoms. The molecule has 5 heteroatoms. The smallest absolute Gasteiger partial charge is 0.244 e. The van der Waals surface area contributed by atoms with Gasteiger partial charge in [-0.1, -0.05) is 60.7 Å². The molecule has 1 aromatic heterocycles. The normalized spacial score (nSPS) is 11.3. The van der Waals surface area contributed by atoms with Gasteiger partial charge in [0.15, 0.2) is 0 Å². The van der Waals surface area contributed by atoms with Gasteiger partial charge in [-0.3, -0.25) is 0 Å².